The SMILES string of the molecule is Cl.N#Cc1ccnc([S@@](=O)[C@@H]2CCNC2)c1. The fraction of sp³-hybridized carbons (Fsp3) is 0.400. The third-order valence-electron chi connectivity index (χ3n) is 2.39. The Morgan fingerprint density at radius 1 is 1.62 bits per heavy atom. The molecule has 4 nitrogen and oxygen atoms in total. The van der Waals surface area contributed by atoms with Crippen LogP contribution in [-0.2, 0) is 10.8 Å². The fourth-order valence-electron chi connectivity index (χ4n) is 1.57. The maximum Gasteiger partial charge on any atom is 0.128 e. The van der Waals surface area contributed by atoms with Gasteiger partial charge in [-0.3, -0.25) is 4.21 Å². The molecule has 0 amide bonds. The molecule has 0 saturated carbocycles. The van der Waals surface area contributed by atoms with Gasteiger partial charge < -0.3 is 5.32 Å². The zero-order valence-electron chi connectivity index (χ0n) is 8.55. The van der Waals surface area contributed by atoms with E-state index >= 15 is 0 Å². The van der Waals surface area contributed by atoms with Gasteiger partial charge in [0.25, 0.3) is 0 Å². The first kappa shape index (κ1) is 13.1. The number of halogens is 1. The van der Waals surface area contributed by atoms with E-state index in [0.29, 0.717) is 10.6 Å². The van der Waals surface area contributed by atoms with Crippen LogP contribution in [0.3, 0.4) is 0 Å². The van der Waals surface area contributed by atoms with Crippen LogP contribution in [0.25, 0.3) is 0 Å². The van der Waals surface area contributed by atoms with Crippen LogP contribution in [0.5, 0.6) is 0 Å². The van der Waals surface area contributed by atoms with Crippen LogP contribution in [0, 0.1) is 11.3 Å². The predicted molar refractivity (Wildman–Crippen MR) is 63.9 cm³/mol. The third-order valence-corrected chi connectivity index (χ3v) is 4.03. The van der Waals surface area contributed by atoms with Crippen LogP contribution >= 0.6 is 12.4 Å². The quantitative estimate of drug-likeness (QED) is 0.853. The standard InChI is InChI=1S/C10H11N3OS.ClH/c11-6-8-1-4-13-10(5-8)15(14)9-2-3-12-7-9;/h1,4-5,9,12H,2-3,7H2;1H/t9-,15+;/m1./s1. The first-order valence-corrected chi connectivity index (χ1v) is 6.00. The monoisotopic (exact) mass is 257 g/mol. The second kappa shape index (κ2) is 5.94. The van der Waals surface area contributed by atoms with Gasteiger partial charge >= 0.3 is 0 Å². The molecule has 2 atom stereocenters. The molecule has 1 aliphatic heterocycles. The third kappa shape index (κ3) is 2.79. The Labute approximate surface area is 103 Å². The van der Waals surface area contributed by atoms with Gasteiger partial charge in [0.2, 0.25) is 0 Å². The summed E-state index contributed by atoms with van der Waals surface area (Å²) < 4.78 is 12.0. The van der Waals surface area contributed by atoms with Crippen LogP contribution in [0.2, 0.25) is 0 Å². The van der Waals surface area contributed by atoms with E-state index in [0.717, 1.165) is 19.5 Å². The number of pyridine rings is 1. The van der Waals surface area contributed by atoms with Gasteiger partial charge in [-0.05, 0) is 25.1 Å². The molecule has 0 aromatic carbocycles. The predicted octanol–water partition coefficient (Wildman–Crippen LogP) is 0.845. The fourth-order valence-corrected chi connectivity index (χ4v) is 2.92. The van der Waals surface area contributed by atoms with Crippen molar-refractivity contribution in [3.05, 3.63) is 23.9 Å². The maximum atomic E-state index is 12.0. The number of hydrogen-bond donors (Lipinski definition) is 1. The molecule has 86 valence electrons. The zero-order valence-corrected chi connectivity index (χ0v) is 10.2. The summed E-state index contributed by atoms with van der Waals surface area (Å²) in [6.07, 6.45) is 2.44. The molecule has 0 unspecified atom stereocenters. The summed E-state index contributed by atoms with van der Waals surface area (Å²) in [5.74, 6) is 0. The van der Waals surface area contributed by atoms with Gasteiger partial charge in [-0.15, -0.1) is 12.4 Å². The summed E-state index contributed by atoms with van der Waals surface area (Å²) in [4.78, 5) is 4.05. The van der Waals surface area contributed by atoms with Crippen molar-refractivity contribution in [2.75, 3.05) is 13.1 Å². The Morgan fingerprint density at radius 3 is 3.06 bits per heavy atom. The minimum atomic E-state index is -1.10. The Morgan fingerprint density at radius 2 is 2.44 bits per heavy atom. The number of nitrogens with one attached hydrogen (secondary N) is 1. The van der Waals surface area contributed by atoms with Gasteiger partial charge in [0.05, 0.1) is 27.7 Å². The summed E-state index contributed by atoms with van der Waals surface area (Å²) >= 11 is 0. The van der Waals surface area contributed by atoms with Crippen molar-refractivity contribution in [2.45, 2.75) is 16.7 Å². The lowest BCUT2D eigenvalue weighted by Crippen LogP contribution is -2.19. The molecule has 0 radical (unpaired) electrons. The molecular weight excluding hydrogens is 246 g/mol. The second-order valence-corrected chi connectivity index (χ2v) is 5.09. The van der Waals surface area contributed by atoms with Crippen molar-refractivity contribution in [1.82, 2.24) is 10.3 Å². The van der Waals surface area contributed by atoms with E-state index < -0.39 is 10.8 Å². The summed E-state index contributed by atoms with van der Waals surface area (Å²) in [5, 5.41) is 12.5. The molecule has 6 heteroatoms. The molecule has 16 heavy (non-hydrogen) atoms. The smallest absolute Gasteiger partial charge is 0.128 e. The highest BCUT2D eigenvalue weighted by atomic mass is 35.5. The summed E-state index contributed by atoms with van der Waals surface area (Å²) in [5.41, 5.74) is 0.513. The Kier molecular flexibility index (Phi) is 4.87. The van der Waals surface area contributed by atoms with Gasteiger partial charge in [-0.1, -0.05) is 0 Å². The topological polar surface area (TPSA) is 65.8 Å². The normalized spacial score (nSPS) is 20.8. The van der Waals surface area contributed by atoms with E-state index in [-0.39, 0.29) is 17.7 Å². The summed E-state index contributed by atoms with van der Waals surface area (Å²) in [6.45, 7) is 1.68. The van der Waals surface area contributed by atoms with E-state index in [1.807, 2.05) is 6.07 Å². The minimum Gasteiger partial charge on any atom is -0.315 e. The van der Waals surface area contributed by atoms with Crippen molar-refractivity contribution in [1.29, 1.82) is 5.26 Å². The molecule has 1 aliphatic rings. The number of aromatic nitrogens is 1. The molecule has 0 bridgehead atoms. The number of nitriles is 1. The first-order valence-electron chi connectivity index (χ1n) is 4.78. The Bertz CT molecular complexity index is 426. The molecule has 1 N–H and O–H groups in total. The van der Waals surface area contributed by atoms with Crippen LogP contribution in [-0.4, -0.2) is 27.5 Å². The van der Waals surface area contributed by atoms with Crippen molar-refractivity contribution in [2.24, 2.45) is 0 Å². The highest BCUT2D eigenvalue weighted by Crippen LogP contribution is 2.14. The van der Waals surface area contributed by atoms with E-state index in [1.54, 1.807) is 12.1 Å². The Hall–Kier alpha value is -0.960. The second-order valence-electron chi connectivity index (χ2n) is 3.41. The molecule has 1 aromatic rings. The van der Waals surface area contributed by atoms with Crippen LogP contribution in [0.4, 0.5) is 0 Å². The van der Waals surface area contributed by atoms with Crippen molar-refractivity contribution in [3.63, 3.8) is 0 Å². The molecule has 1 aromatic heterocycles. The molecule has 2 rings (SSSR count). The highest BCUT2D eigenvalue weighted by Gasteiger charge is 2.23. The molecule has 0 spiro atoms. The lowest BCUT2D eigenvalue weighted by atomic mass is 10.3. The highest BCUT2D eigenvalue weighted by molar-refractivity contribution is 7.85. The van der Waals surface area contributed by atoms with E-state index in [4.69, 9.17) is 5.26 Å². The van der Waals surface area contributed by atoms with Gasteiger partial charge in [0, 0.05) is 12.7 Å². The van der Waals surface area contributed by atoms with Crippen molar-refractivity contribution in [3.8, 4) is 6.07 Å². The largest absolute Gasteiger partial charge is 0.315 e. The van der Waals surface area contributed by atoms with Crippen LogP contribution in [0.1, 0.15) is 12.0 Å². The number of nitrogens with zero attached hydrogens (tertiary/aromatic N) is 2. The van der Waals surface area contributed by atoms with Gasteiger partial charge in [-0.25, -0.2) is 4.98 Å². The molecule has 2 heterocycles. The number of hydrogen-bond acceptors (Lipinski definition) is 4. The van der Waals surface area contributed by atoms with Crippen molar-refractivity contribution >= 4 is 23.2 Å². The van der Waals surface area contributed by atoms with E-state index in [2.05, 4.69) is 10.3 Å². The minimum absolute atomic E-state index is 0. The Balaban J connectivity index is 0.00000128. The molecule has 1 fully saturated rings. The van der Waals surface area contributed by atoms with E-state index in [9.17, 15) is 4.21 Å². The maximum absolute atomic E-state index is 12.0. The zero-order chi connectivity index (χ0) is 10.7. The van der Waals surface area contributed by atoms with Crippen LogP contribution < -0.4 is 5.32 Å². The van der Waals surface area contributed by atoms with E-state index in [1.165, 1.54) is 6.20 Å². The first-order chi connectivity index (χ1) is 7.31. The lowest BCUT2D eigenvalue weighted by Gasteiger charge is -2.07. The summed E-state index contributed by atoms with van der Waals surface area (Å²) in [6, 6.07) is 5.25. The average Bonchev–Trinajstić information content (AvgIpc) is 2.81. The molecule has 0 aliphatic carbocycles. The van der Waals surface area contributed by atoms with Gasteiger partial charge in [-0.2, -0.15) is 5.26 Å². The van der Waals surface area contributed by atoms with Gasteiger partial charge in [0.1, 0.15) is 5.03 Å². The average molecular weight is 258 g/mol. The van der Waals surface area contributed by atoms with Crippen LogP contribution in [0.15, 0.2) is 23.4 Å². The molecule has 1 saturated heterocycles. The van der Waals surface area contributed by atoms with Gasteiger partial charge in [0.15, 0.2) is 0 Å². The van der Waals surface area contributed by atoms with Crippen molar-refractivity contribution < 1.29 is 4.21 Å². The number of rotatable bonds is 2. The molecular formula is C10H12ClN3OS. The lowest BCUT2D eigenvalue weighted by molar-refractivity contribution is 0.669. The summed E-state index contributed by atoms with van der Waals surface area (Å²) in [7, 11) is -1.10.